The van der Waals surface area contributed by atoms with Crippen molar-refractivity contribution < 1.29 is 14.6 Å². The molecule has 29 heavy (non-hydrogen) atoms. The van der Waals surface area contributed by atoms with E-state index >= 15 is 0 Å². The van der Waals surface area contributed by atoms with Gasteiger partial charge in [0.1, 0.15) is 5.82 Å². The van der Waals surface area contributed by atoms with Crippen molar-refractivity contribution in [2.24, 2.45) is 5.92 Å². The van der Waals surface area contributed by atoms with Gasteiger partial charge in [0.05, 0.1) is 17.7 Å². The number of ether oxygens (including phenoxy) is 1. The minimum atomic E-state index is -0.986. The molecule has 7 heteroatoms. The Hall–Kier alpha value is -2.73. The fraction of sp³-hybridized carbons (Fsp3) is 0.364. The zero-order valence-electron chi connectivity index (χ0n) is 16.5. The molecule has 0 atom stereocenters. The van der Waals surface area contributed by atoms with E-state index in [0.29, 0.717) is 27.4 Å². The first kappa shape index (κ1) is 19.6. The van der Waals surface area contributed by atoms with Crippen molar-refractivity contribution in [2.45, 2.75) is 26.2 Å². The number of aromatic amines is 1. The predicted molar refractivity (Wildman–Crippen MR) is 115 cm³/mol. The molecule has 2 aromatic heterocycles. The molecule has 1 aliphatic heterocycles. The highest BCUT2D eigenvalue weighted by atomic mass is 35.5. The minimum Gasteiger partial charge on any atom is -0.480 e. The lowest BCUT2D eigenvalue weighted by Crippen LogP contribution is -2.34. The van der Waals surface area contributed by atoms with Crippen molar-refractivity contribution in [1.29, 1.82) is 0 Å². The Bertz CT molecular complexity index is 1050. The summed E-state index contributed by atoms with van der Waals surface area (Å²) < 4.78 is 5.58. The normalized spacial score (nSPS) is 15.1. The van der Waals surface area contributed by atoms with Crippen LogP contribution >= 0.6 is 11.6 Å². The van der Waals surface area contributed by atoms with Gasteiger partial charge in [-0.2, -0.15) is 4.98 Å². The lowest BCUT2D eigenvalue weighted by Gasteiger charge is -2.32. The van der Waals surface area contributed by atoms with Crippen molar-refractivity contribution in [1.82, 2.24) is 9.97 Å². The molecule has 6 nitrogen and oxygen atoms in total. The van der Waals surface area contributed by atoms with Gasteiger partial charge in [-0.25, -0.2) is 4.79 Å². The van der Waals surface area contributed by atoms with Gasteiger partial charge in [-0.05, 0) is 43.0 Å². The summed E-state index contributed by atoms with van der Waals surface area (Å²) in [5.74, 6) is 1.18. The lowest BCUT2D eigenvalue weighted by atomic mass is 9.94. The highest BCUT2D eigenvalue weighted by Gasteiger charge is 2.21. The van der Waals surface area contributed by atoms with Crippen LogP contribution in [-0.2, 0) is 0 Å². The smallest absolute Gasteiger partial charge is 0.337 e. The Morgan fingerprint density at radius 2 is 2.07 bits per heavy atom. The number of carboxylic acids is 1. The van der Waals surface area contributed by atoms with Crippen LogP contribution in [0.2, 0.25) is 5.02 Å². The Morgan fingerprint density at radius 1 is 1.31 bits per heavy atom. The van der Waals surface area contributed by atoms with E-state index in [1.165, 1.54) is 25.5 Å². The maximum Gasteiger partial charge on any atom is 0.337 e. The number of hydrogen-bond donors (Lipinski definition) is 2. The van der Waals surface area contributed by atoms with Gasteiger partial charge in [0.2, 0.25) is 5.88 Å². The maximum absolute atomic E-state index is 11.5. The van der Waals surface area contributed by atoms with Gasteiger partial charge in [0.25, 0.3) is 0 Å². The molecule has 2 N–H and O–H groups in total. The number of pyridine rings is 1. The molecule has 1 aromatic carbocycles. The van der Waals surface area contributed by atoms with Gasteiger partial charge in [-0.15, -0.1) is 0 Å². The third kappa shape index (κ3) is 3.65. The predicted octanol–water partition coefficient (Wildman–Crippen LogP) is 5.22. The summed E-state index contributed by atoms with van der Waals surface area (Å²) >= 11 is 6.51. The number of carbonyl (C=O) groups is 1. The second kappa shape index (κ2) is 7.95. The average molecular weight is 414 g/mol. The van der Waals surface area contributed by atoms with E-state index in [9.17, 15) is 9.90 Å². The summed E-state index contributed by atoms with van der Waals surface area (Å²) in [5.41, 5.74) is 2.32. The quantitative estimate of drug-likeness (QED) is 0.599. The number of piperidine rings is 1. The number of rotatable bonds is 5. The fourth-order valence-corrected chi connectivity index (χ4v) is 4.33. The van der Waals surface area contributed by atoms with E-state index in [1.807, 2.05) is 12.1 Å². The molecule has 0 amide bonds. The molecule has 0 unspecified atom stereocenters. The summed E-state index contributed by atoms with van der Waals surface area (Å²) in [6.07, 6.45) is 5.06. The van der Waals surface area contributed by atoms with E-state index in [-0.39, 0.29) is 5.56 Å². The molecule has 0 bridgehead atoms. The molecule has 0 radical (unpaired) electrons. The first-order valence-corrected chi connectivity index (χ1v) is 10.2. The van der Waals surface area contributed by atoms with E-state index < -0.39 is 5.97 Å². The third-order valence-corrected chi connectivity index (χ3v) is 6.16. The first-order valence-electron chi connectivity index (χ1n) is 9.86. The molecule has 3 aromatic rings. The summed E-state index contributed by atoms with van der Waals surface area (Å²) in [7, 11) is 1.59. The standard InChI is InChI=1S/C22H24ClN3O3/c1-3-13-6-8-26(9-7-13)20-5-4-14(21(25-20)29-2)15-10-16-17(22(27)28)12-24-19(16)11-18(15)23/h4-5,10-13,24H,3,6-9H2,1-2H3,(H,27,28). The number of nitrogens with zero attached hydrogens (tertiary/aromatic N) is 2. The van der Waals surface area contributed by atoms with Crippen molar-refractivity contribution in [3.63, 3.8) is 0 Å². The summed E-state index contributed by atoms with van der Waals surface area (Å²) in [5, 5.41) is 10.5. The van der Waals surface area contributed by atoms with Gasteiger partial charge >= 0.3 is 5.97 Å². The molecule has 1 fully saturated rings. The summed E-state index contributed by atoms with van der Waals surface area (Å²) in [6, 6.07) is 7.46. The van der Waals surface area contributed by atoms with Crippen molar-refractivity contribution in [3.05, 3.63) is 41.0 Å². The van der Waals surface area contributed by atoms with Crippen molar-refractivity contribution in [3.8, 4) is 17.0 Å². The first-order chi connectivity index (χ1) is 14.0. The van der Waals surface area contributed by atoms with E-state index in [2.05, 4.69) is 16.8 Å². The maximum atomic E-state index is 11.5. The highest BCUT2D eigenvalue weighted by Crippen LogP contribution is 2.38. The van der Waals surface area contributed by atoms with Crippen LogP contribution in [0.4, 0.5) is 5.82 Å². The molecular formula is C22H24ClN3O3. The Morgan fingerprint density at radius 3 is 2.72 bits per heavy atom. The van der Waals surface area contributed by atoms with Crippen LogP contribution in [0.25, 0.3) is 22.0 Å². The van der Waals surface area contributed by atoms with Crippen molar-refractivity contribution in [2.75, 3.05) is 25.1 Å². The molecule has 0 saturated carbocycles. The molecule has 152 valence electrons. The molecule has 1 saturated heterocycles. The molecule has 1 aliphatic rings. The number of halogens is 1. The number of hydrogen-bond acceptors (Lipinski definition) is 4. The Kier molecular flexibility index (Phi) is 5.37. The number of aromatic carboxylic acids is 1. The van der Waals surface area contributed by atoms with Crippen LogP contribution in [-0.4, -0.2) is 41.2 Å². The van der Waals surface area contributed by atoms with Crippen LogP contribution in [0.15, 0.2) is 30.5 Å². The minimum absolute atomic E-state index is 0.209. The average Bonchev–Trinajstić information content (AvgIpc) is 3.15. The molecule has 0 spiro atoms. The summed E-state index contributed by atoms with van der Waals surface area (Å²) in [4.78, 5) is 21.5. The van der Waals surface area contributed by atoms with E-state index in [1.54, 1.807) is 19.2 Å². The third-order valence-electron chi connectivity index (χ3n) is 5.84. The molecule has 4 rings (SSSR count). The monoisotopic (exact) mass is 413 g/mol. The molecule has 0 aliphatic carbocycles. The number of anilines is 1. The topological polar surface area (TPSA) is 78.5 Å². The Balaban J connectivity index is 1.72. The van der Waals surface area contributed by atoms with Crippen molar-refractivity contribution >= 4 is 34.3 Å². The number of nitrogens with one attached hydrogen (secondary N) is 1. The number of benzene rings is 1. The van der Waals surface area contributed by atoms with E-state index in [0.717, 1.165) is 30.4 Å². The van der Waals surface area contributed by atoms with Crippen LogP contribution in [0, 0.1) is 5.92 Å². The van der Waals surface area contributed by atoms with Gasteiger partial charge in [-0.3, -0.25) is 0 Å². The zero-order chi connectivity index (χ0) is 20.5. The largest absolute Gasteiger partial charge is 0.480 e. The van der Waals surface area contributed by atoms with Crippen LogP contribution in [0.1, 0.15) is 36.5 Å². The summed E-state index contributed by atoms with van der Waals surface area (Å²) in [6.45, 7) is 4.23. The zero-order valence-corrected chi connectivity index (χ0v) is 17.3. The fourth-order valence-electron chi connectivity index (χ4n) is 4.06. The number of carboxylic acid groups (broad SMARTS) is 1. The van der Waals surface area contributed by atoms with Crippen LogP contribution in [0.5, 0.6) is 5.88 Å². The highest BCUT2D eigenvalue weighted by molar-refractivity contribution is 6.34. The van der Waals surface area contributed by atoms with Gasteiger partial charge in [0.15, 0.2) is 0 Å². The van der Waals surface area contributed by atoms with Crippen LogP contribution < -0.4 is 9.64 Å². The molecule has 3 heterocycles. The second-order valence-corrected chi connectivity index (χ2v) is 7.86. The number of aromatic nitrogens is 2. The van der Waals surface area contributed by atoms with Gasteiger partial charge in [-0.1, -0.05) is 24.9 Å². The second-order valence-electron chi connectivity index (χ2n) is 7.45. The number of H-pyrrole nitrogens is 1. The molecular weight excluding hydrogens is 390 g/mol. The number of fused-ring (bicyclic) bond motifs is 1. The lowest BCUT2D eigenvalue weighted by molar-refractivity contribution is 0.0699. The Labute approximate surface area is 174 Å². The van der Waals surface area contributed by atoms with E-state index in [4.69, 9.17) is 21.3 Å². The number of methoxy groups -OCH3 is 1. The van der Waals surface area contributed by atoms with Gasteiger partial charge in [0, 0.05) is 41.3 Å². The van der Waals surface area contributed by atoms with Crippen LogP contribution in [0.3, 0.4) is 0 Å². The SMILES string of the molecule is CCC1CCN(c2ccc(-c3cc4c(C(=O)O)c[nH]c4cc3Cl)c(OC)n2)CC1. The van der Waals surface area contributed by atoms with Gasteiger partial charge < -0.3 is 19.7 Å².